The van der Waals surface area contributed by atoms with Crippen molar-refractivity contribution in [3.63, 3.8) is 0 Å². The molecule has 0 radical (unpaired) electrons. The fraction of sp³-hybridized carbons (Fsp3) is 0.417. The normalized spacial score (nSPS) is 19.5. The molecule has 0 aromatic carbocycles. The standard InChI is InChI=1S/C12H14N4O2S/c1-8-4-5-9(18-8)7-13-16-11(14-15-12(16)19)10-3-2-6-17-10/h4-5,7,10H,2-3,6H2,1H3,(H,15,19)/b13-7-. The van der Waals surface area contributed by atoms with Crippen molar-refractivity contribution in [2.75, 3.05) is 6.61 Å². The van der Waals surface area contributed by atoms with Crippen molar-refractivity contribution in [3.8, 4) is 0 Å². The Kier molecular flexibility index (Phi) is 3.31. The van der Waals surface area contributed by atoms with Gasteiger partial charge in [-0.05, 0) is 44.1 Å². The lowest BCUT2D eigenvalue weighted by Crippen LogP contribution is -2.05. The van der Waals surface area contributed by atoms with E-state index < -0.39 is 0 Å². The maximum atomic E-state index is 5.60. The van der Waals surface area contributed by atoms with Gasteiger partial charge in [-0.15, -0.1) is 0 Å². The molecular formula is C12H14N4O2S. The number of hydrogen-bond donors (Lipinski definition) is 1. The molecule has 0 saturated carbocycles. The van der Waals surface area contributed by atoms with E-state index in [1.54, 1.807) is 10.9 Å². The van der Waals surface area contributed by atoms with Crippen molar-refractivity contribution in [1.29, 1.82) is 0 Å². The zero-order valence-electron chi connectivity index (χ0n) is 10.5. The van der Waals surface area contributed by atoms with Crippen molar-refractivity contribution in [1.82, 2.24) is 14.9 Å². The Balaban J connectivity index is 1.89. The molecule has 6 nitrogen and oxygen atoms in total. The number of hydrogen-bond acceptors (Lipinski definition) is 5. The first-order valence-electron chi connectivity index (χ1n) is 6.14. The Hall–Kier alpha value is -1.73. The van der Waals surface area contributed by atoms with E-state index in [4.69, 9.17) is 21.4 Å². The van der Waals surface area contributed by atoms with E-state index in [0.29, 0.717) is 16.4 Å². The highest BCUT2D eigenvalue weighted by Crippen LogP contribution is 2.26. The van der Waals surface area contributed by atoms with Gasteiger partial charge >= 0.3 is 0 Å². The molecule has 1 atom stereocenters. The van der Waals surface area contributed by atoms with E-state index in [1.165, 1.54) is 0 Å². The van der Waals surface area contributed by atoms with Gasteiger partial charge in [-0.3, -0.25) is 5.10 Å². The van der Waals surface area contributed by atoms with Gasteiger partial charge in [0.2, 0.25) is 4.77 Å². The number of aryl methyl sites for hydroxylation is 1. The fourth-order valence-corrected chi connectivity index (χ4v) is 2.23. The van der Waals surface area contributed by atoms with Crippen LogP contribution in [0, 0.1) is 11.7 Å². The van der Waals surface area contributed by atoms with Crippen LogP contribution >= 0.6 is 12.2 Å². The molecule has 1 fully saturated rings. The lowest BCUT2D eigenvalue weighted by molar-refractivity contribution is 0.102. The minimum atomic E-state index is -0.0385. The second-order valence-corrected chi connectivity index (χ2v) is 4.78. The van der Waals surface area contributed by atoms with Crippen LogP contribution in [-0.4, -0.2) is 27.7 Å². The Morgan fingerprint density at radius 1 is 1.58 bits per heavy atom. The van der Waals surface area contributed by atoms with Crippen molar-refractivity contribution < 1.29 is 9.15 Å². The summed E-state index contributed by atoms with van der Waals surface area (Å²) >= 11 is 5.17. The topological polar surface area (TPSA) is 68.3 Å². The van der Waals surface area contributed by atoms with E-state index in [9.17, 15) is 0 Å². The van der Waals surface area contributed by atoms with Crippen molar-refractivity contribution in [2.24, 2.45) is 5.10 Å². The van der Waals surface area contributed by atoms with Crippen LogP contribution in [-0.2, 0) is 4.74 Å². The van der Waals surface area contributed by atoms with Crippen LogP contribution in [0.4, 0.5) is 0 Å². The van der Waals surface area contributed by atoms with Gasteiger partial charge in [0, 0.05) is 6.61 Å². The molecule has 0 aliphatic carbocycles. The molecule has 1 unspecified atom stereocenters. The third-order valence-corrected chi connectivity index (χ3v) is 3.22. The summed E-state index contributed by atoms with van der Waals surface area (Å²) in [6.07, 6.45) is 3.56. The minimum absolute atomic E-state index is 0.0385. The number of furan rings is 1. The van der Waals surface area contributed by atoms with Crippen molar-refractivity contribution >= 4 is 18.4 Å². The Bertz CT molecular complexity index is 649. The lowest BCUT2D eigenvalue weighted by Gasteiger charge is -2.06. The van der Waals surface area contributed by atoms with E-state index in [-0.39, 0.29) is 6.10 Å². The number of nitrogens with zero attached hydrogens (tertiary/aromatic N) is 3. The summed E-state index contributed by atoms with van der Waals surface area (Å²) in [5, 5.41) is 11.3. The molecule has 100 valence electrons. The largest absolute Gasteiger partial charge is 0.460 e. The second kappa shape index (κ2) is 5.10. The van der Waals surface area contributed by atoms with Gasteiger partial charge in [-0.1, -0.05) is 0 Å². The molecule has 1 aliphatic heterocycles. The van der Waals surface area contributed by atoms with Crippen LogP contribution in [0.1, 0.15) is 36.3 Å². The first-order chi connectivity index (χ1) is 9.24. The second-order valence-electron chi connectivity index (χ2n) is 4.39. The van der Waals surface area contributed by atoms with E-state index in [1.807, 2.05) is 19.1 Å². The average Bonchev–Trinajstić information content (AvgIpc) is 3.08. The zero-order valence-corrected chi connectivity index (χ0v) is 11.3. The van der Waals surface area contributed by atoms with Gasteiger partial charge in [-0.25, -0.2) is 0 Å². The summed E-state index contributed by atoms with van der Waals surface area (Å²) in [5.41, 5.74) is 0. The van der Waals surface area contributed by atoms with E-state index >= 15 is 0 Å². The van der Waals surface area contributed by atoms with Crippen molar-refractivity contribution in [3.05, 3.63) is 34.2 Å². The highest BCUT2D eigenvalue weighted by atomic mass is 32.1. The summed E-state index contributed by atoms with van der Waals surface area (Å²) < 4.78 is 13.1. The van der Waals surface area contributed by atoms with Crippen LogP contribution in [0.15, 0.2) is 21.7 Å². The first-order valence-corrected chi connectivity index (χ1v) is 6.54. The van der Waals surface area contributed by atoms with Gasteiger partial charge in [0.25, 0.3) is 0 Å². The minimum Gasteiger partial charge on any atom is -0.460 e. The molecule has 0 bridgehead atoms. The maximum absolute atomic E-state index is 5.60. The van der Waals surface area contributed by atoms with Gasteiger partial charge in [0.05, 0.1) is 6.21 Å². The molecule has 19 heavy (non-hydrogen) atoms. The molecule has 0 amide bonds. The van der Waals surface area contributed by atoms with Crippen molar-refractivity contribution in [2.45, 2.75) is 25.9 Å². The van der Waals surface area contributed by atoms with Crippen LogP contribution in [0.25, 0.3) is 0 Å². The highest BCUT2D eigenvalue weighted by molar-refractivity contribution is 7.71. The number of H-pyrrole nitrogens is 1. The van der Waals surface area contributed by atoms with E-state index in [0.717, 1.165) is 25.2 Å². The summed E-state index contributed by atoms with van der Waals surface area (Å²) in [5.74, 6) is 2.23. The predicted molar refractivity (Wildman–Crippen MR) is 71.8 cm³/mol. The molecular weight excluding hydrogens is 264 g/mol. The Morgan fingerprint density at radius 3 is 3.16 bits per heavy atom. The molecule has 3 heterocycles. The Labute approximate surface area is 115 Å². The molecule has 7 heteroatoms. The summed E-state index contributed by atoms with van der Waals surface area (Å²) in [7, 11) is 0. The summed E-state index contributed by atoms with van der Waals surface area (Å²) in [6, 6.07) is 3.74. The third-order valence-electron chi connectivity index (χ3n) is 2.95. The SMILES string of the molecule is Cc1ccc(/C=N\n2c(C3CCCO3)n[nH]c2=S)o1. The smallest absolute Gasteiger partial charge is 0.216 e. The Morgan fingerprint density at radius 2 is 2.47 bits per heavy atom. The van der Waals surface area contributed by atoms with Gasteiger partial charge in [-0.2, -0.15) is 14.9 Å². The number of aromatic amines is 1. The molecule has 3 rings (SSSR count). The number of aromatic nitrogens is 3. The van der Waals surface area contributed by atoms with E-state index in [2.05, 4.69) is 15.3 Å². The summed E-state index contributed by atoms with van der Waals surface area (Å²) in [6.45, 7) is 2.64. The average molecular weight is 278 g/mol. The quantitative estimate of drug-likeness (QED) is 0.692. The van der Waals surface area contributed by atoms with Crippen LogP contribution in [0.3, 0.4) is 0 Å². The monoisotopic (exact) mass is 278 g/mol. The molecule has 0 spiro atoms. The van der Waals surface area contributed by atoms with Crippen LogP contribution in [0.5, 0.6) is 0 Å². The fourth-order valence-electron chi connectivity index (χ4n) is 2.04. The molecule has 2 aromatic rings. The summed E-state index contributed by atoms with van der Waals surface area (Å²) in [4.78, 5) is 0. The molecule has 1 N–H and O–H groups in total. The predicted octanol–water partition coefficient (Wildman–Crippen LogP) is 2.58. The molecule has 1 saturated heterocycles. The van der Waals surface area contributed by atoms with Gasteiger partial charge < -0.3 is 9.15 Å². The highest BCUT2D eigenvalue weighted by Gasteiger charge is 2.23. The first kappa shape index (κ1) is 12.3. The van der Waals surface area contributed by atoms with Gasteiger partial charge in [0.15, 0.2) is 5.82 Å². The lowest BCUT2D eigenvalue weighted by atomic mass is 10.2. The molecule has 1 aliphatic rings. The number of ether oxygens (including phenoxy) is 1. The van der Waals surface area contributed by atoms with Gasteiger partial charge in [0.1, 0.15) is 17.6 Å². The van der Waals surface area contributed by atoms with Crippen LogP contribution in [0.2, 0.25) is 0 Å². The molecule has 2 aromatic heterocycles. The number of nitrogens with one attached hydrogen (secondary N) is 1. The zero-order chi connectivity index (χ0) is 13.2. The van der Waals surface area contributed by atoms with Crippen LogP contribution < -0.4 is 0 Å². The third kappa shape index (κ3) is 2.52. The number of rotatable bonds is 3. The maximum Gasteiger partial charge on any atom is 0.216 e.